The maximum absolute atomic E-state index is 13.7. The number of fused-ring (bicyclic) bond motifs is 3. The third-order valence-electron chi connectivity index (χ3n) is 7.19. The highest BCUT2D eigenvalue weighted by Gasteiger charge is 2.56. The van der Waals surface area contributed by atoms with Gasteiger partial charge in [-0.05, 0) is 54.7 Å². The largest absolute Gasteiger partial charge is 0.343 e. The molecule has 5 rings (SSSR count). The van der Waals surface area contributed by atoms with Crippen LogP contribution in [0.3, 0.4) is 0 Å². The van der Waals surface area contributed by atoms with E-state index in [9.17, 15) is 9.59 Å². The summed E-state index contributed by atoms with van der Waals surface area (Å²) in [5.74, 6) is 0.198. The van der Waals surface area contributed by atoms with Crippen molar-refractivity contribution in [3.05, 3.63) is 64.2 Å². The van der Waals surface area contributed by atoms with E-state index >= 15 is 0 Å². The second kappa shape index (κ2) is 8.31. The van der Waals surface area contributed by atoms with E-state index in [1.54, 1.807) is 18.0 Å². The first-order chi connectivity index (χ1) is 15.8. The molecule has 7 nitrogen and oxygen atoms in total. The number of hydrogen-bond acceptors (Lipinski definition) is 5. The fourth-order valence-electron chi connectivity index (χ4n) is 5.27. The third kappa shape index (κ3) is 3.68. The van der Waals surface area contributed by atoms with E-state index in [2.05, 4.69) is 54.1 Å². The molecule has 2 aromatic rings. The minimum Gasteiger partial charge on any atom is -0.343 e. The molecule has 0 aromatic heterocycles. The number of likely N-dealkylation sites (N-methyl/N-ethyl adjacent to an activating group) is 1. The number of carbonyl (C=O) groups is 2. The molecule has 2 aromatic carbocycles. The summed E-state index contributed by atoms with van der Waals surface area (Å²) in [6.07, 6.45) is -0.533. The van der Waals surface area contributed by atoms with Gasteiger partial charge in [-0.15, -0.1) is 0 Å². The highest BCUT2D eigenvalue weighted by atomic mass is 35.5. The minimum atomic E-state index is -0.447. The summed E-state index contributed by atoms with van der Waals surface area (Å²) in [5, 5.41) is 4.14. The van der Waals surface area contributed by atoms with Crippen LogP contribution in [0.1, 0.15) is 23.6 Å². The number of carbonyl (C=O) groups excluding carboxylic acids is 2. The summed E-state index contributed by atoms with van der Waals surface area (Å²) in [6.45, 7) is 8.27. The summed E-state index contributed by atoms with van der Waals surface area (Å²) in [6, 6.07) is 13.1. The van der Waals surface area contributed by atoms with Gasteiger partial charge in [0, 0.05) is 30.8 Å². The molecule has 3 aliphatic rings. The monoisotopic (exact) mass is 467 g/mol. The molecule has 3 amide bonds. The average Bonchev–Trinajstić information content (AvgIpc) is 3.17. The van der Waals surface area contributed by atoms with Crippen LogP contribution in [0.2, 0.25) is 5.02 Å². The zero-order chi connectivity index (χ0) is 23.4. The topological polar surface area (TPSA) is 59.1 Å². The normalized spacial score (nSPS) is 27.7. The van der Waals surface area contributed by atoms with Crippen LogP contribution in [0.15, 0.2) is 42.5 Å². The van der Waals surface area contributed by atoms with Gasteiger partial charge in [-0.2, -0.15) is 0 Å². The molecule has 0 aliphatic carbocycles. The lowest BCUT2D eigenvalue weighted by Gasteiger charge is -2.46. The van der Waals surface area contributed by atoms with Crippen LogP contribution in [0.5, 0.6) is 0 Å². The summed E-state index contributed by atoms with van der Waals surface area (Å²) in [4.78, 5) is 34.5. The standard InChI is InChI=1S/C25H30ClN5O2/c1-15-12-29(19-10-9-16(2)17(3)11-19)24-27-22-21(30(24)13-15)23(32)31(25(33)28(22)4)14-18-7-5-6-8-20(18)26/h5-11,15,21-22,24,27H,12-14H2,1-4H3. The number of aryl methyl sites for hydroxylation is 2. The summed E-state index contributed by atoms with van der Waals surface area (Å²) in [7, 11) is 1.77. The molecule has 0 radical (unpaired) electrons. The average molecular weight is 468 g/mol. The molecule has 3 aliphatic heterocycles. The smallest absolute Gasteiger partial charge is 0.328 e. The van der Waals surface area contributed by atoms with E-state index in [0.717, 1.165) is 24.3 Å². The maximum atomic E-state index is 13.7. The van der Waals surface area contributed by atoms with Crippen molar-refractivity contribution in [2.45, 2.75) is 45.8 Å². The Bertz CT molecular complexity index is 1110. The van der Waals surface area contributed by atoms with Crippen molar-refractivity contribution in [1.82, 2.24) is 20.0 Å². The molecular weight excluding hydrogens is 438 g/mol. The van der Waals surface area contributed by atoms with E-state index in [4.69, 9.17) is 11.6 Å². The molecule has 3 saturated heterocycles. The van der Waals surface area contributed by atoms with Crippen LogP contribution in [-0.4, -0.2) is 65.3 Å². The number of amides is 3. The molecule has 0 spiro atoms. The summed E-state index contributed by atoms with van der Waals surface area (Å²) >= 11 is 6.33. The van der Waals surface area contributed by atoms with Crippen molar-refractivity contribution in [3.63, 3.8) is 0 Å². The van der Waals surface area contributed by atoms with E-state index in [-0.39, 0.29) is 30.9 Å². The number of anilines is 1. The van der Waals surface area contributed by atoms with Gasteiger partial charge in [0.05, 0.1) is 6.54 Å². The Labute approximate surface area is 199 Å². The highest BCUT2D eigenvalue weighted by molar-refractivity contribution is 6.31. The first-order valence-corrected chi connectivity index (χ1v) is 11.8. The highest BCUT2D eigenvalue weighted by Crippen LogP contribution is 2.35. The van der Waals surface area contributed by atoms with Crippen LogP contribution in [-0.2, 0) is 11.3 Å². The van der Waals surface area contributed by atoms with Crippen LogP contribution >= 0.6 is 11.6 Å². The molecule has 0 bridgehead atoms. The second-order valence-electron chi connectivity index (χ2n) is 9.56. The molecule has 3 fully saturated rings. The molecule has 0 saturated carbocycles. The molecule has 8 heteroatoms. The Morgan fingerprint density at radius 3 is 2.55 bits per heavy atom. The van der Waals surface area contributed by atoms with Gasteiger partial charge in [0.1, 0.15) is 18.5 Å². The molecule has 33 heavy (non-hydrogen) atoms. The molecule has 1 N–H and O–H groups in total. The first kappa shape index (κ1) is 22.2. The number of benzene rings is 2. The number of nitrogens with zero attached hydrogens (tertiary/aromatic N) is 4. The Hall–Kier alpha value is -2.61. The van der Waals surface area contributed by atoms with Crippen molar-refractivity contribution in [2.24, 2.45) is 5.92 Å². The Morgan fingerprint density at radius 2 is 1.82 bits per heavy atom. The Kier molecular flexibility index (Phi) is 5.59. The van der Waals surface area contributed by atoms with Gasteiger partial charge in [-0.3, -0.25) is 19.9 Å². The summed E-state index contributed by atoms with van der Waals surface area (Å²) < 4.78 is 0. The minimum absolute atomic E-state index is 0.155. The van der Waals surface area contributed by atoms with Crippen molar-refractivity contribution in [1.29, 1.82) is 0 Å². The van der Waals surface area contributed by atoms with Crippen LogP contribution in [0, 0.1) is 19.8 Å². The first-order valence-electron chi connectivity index (χ1n) is 11.4. The van der Waals surface area contributed by atoms with Gasteiger partial charge < -0.3 is 9.80 Å². The second-order valence-corrected chi connectivity index (χ2v) is 9.97. The molecule has 4 atom stereocenters. The number of rotatable bonds is 3. The van der Waals surface area contributed by atoms with E-state index in [1.165, 1.54) is 16.0 Å². The lowest BCUT2D eigenvalue weighted by Crippen LogP contribution is -2.66. The molecule has 174 valence electrons. The van der Waals surface area contributed by atoms with Crippen molar-refractivity contribution in [3.8, 4) is 0 Å². The van der Waals surface area contributed by atoms with Crippen molar-refractivity contribution >= 4 is 29.2 Å². The lowest BCUT2D eigenvalue weighted by molar-refractivity contribution is -0.139. The lowest BCUT2D eigenvalue weighted by atomic mass is 10.0. The van der Waals surface area contributed by atoms with Crippen LogP contribution in [0.25, 0.3) is 0 Å². The van der Waals surface area contributed by atoms with Crippen LogP contribution in [0.4, 0.5) is 10.5 Å². The number of urea groups is 1. The number of halogens is 1. The van der Waals surface area contributed by atoms with Crippen molar-refractivity contribution in [2.75, 3.05) is 25.0 Å². The Balaban J connectivity index is 1.47. The number of hydrogen-bond donors (Lipinski definition) is 1. The fourth-order valence-corrected chi connectivity index (χ4v) is 5.46. The zero-order valence-electron chi connectivity index (χ0n) is 19.5. The number of nitrogens with one attached hydrogen (secondary N) is 1. The van der Waals surface area contributed by atoms with Gasteiger partial charge in [0.2, 0.25) is 0 Å². The van der Waals surface area contributed by atoms with E-state index < -0.39 is 6.04 Å². The molecule has 3 heterocycles. The molecule has 4 unspecified atom stereocenters. The number of imide groups is 1. The SMILES string of the molecule is Cc1ccc(N2CC(C)CN3C4C(=O)N(Cc5ccccc5Cl)C(=O)N(C)C4NC23)cc1C. The van der Waals surface area contributed by atoms with Gasteiger partial charge in [-0.1, -0.05) is 42.8 Å². The van der Waals surface area contributed by atoms with Gasteiger partial charge in [0.15, 0.2) is 0 Å². The quantitative estimate of drug-likeness (QED) is 0.749. The van der Waals surface area contributed by atoms with E-state index in [1.807, 2.05) is 18.2 Å². The van der Waals surface area contributed by atoms with Gasteiger partial charge in [-0.25, -0.2) is 4.79 Å². The Morgan fingerprint density at radius 1 is 1.06 bits per heavy atom. The zero-order valence-corrected chi connectivity index (χ0v) is 20.2. The predicted octanol–water partition coefficient (Wildman–Crippen LogP) is 3.39. The van der Waals surface area contributed by atoms with Gasteiger partial charge in [0.25, 0.3) is 5.91 Å². The van der Waals surface area contributed by atoms with E-state index in [0.29, 0.717) is 10.9 Å². The predicted molar refractivity (Wildman–Crippen MR) is 129 cm³/mol. The van der Waals surface area contributed by atoms with Gasteiger partial charge >= 0.3 is 6.03 Å². The van der Waals surface area contributed by atoms with Crippen LogP contribution < -0.4 is 10.2 Å². The molecular formula is C25H30ClN5O2. The maximum Gasteiger partial charge on any atom is 0.328 e. The van der Waals surface area contributed by atoms with Crippen molar-refractivity contribution < 1.29 is 9.59 Å². The fraction of sp³-hybridized carbons (Fsp3) is 0.440. The third-order valence-corrected chi connectivity index (χ3v) is 7.56. The summed E-state index contributed by atoms with van der Waals surface area (Å²) in [5.41, 5.74) is 4.38.